The molecule has 9 nitrogen and oxygen atoms in total. The molecule has 0 aromatic carbocycles. The number of nitrogens with zero attached hydrogens (tertiary/aromatic N) is 7. The SMILES string of the molecule is CN(C1=C2C=CC=CN2N=CCC1)C1C=C(N)C(N)=NC1=Nc1cnn2ccccc12. The second-order valence-corrected chi connectivity index (χ2v) is 7.42. The fraction of sp³-hybridized carbons (Fsp3) is 0.182. The van der Waals surface area contributed by atoms with Gasteiger partial charge in [-0.05, 0) is 43.2 Å². The molecule has 4 N–H and O–H groups in total. The molecule has 0 aliphatic carbocycles. The number of aliphatic imine (C=N–C) groups is 2. The van der Waals surface area contributed by atoms with Crippen molar-refractivity contribution in [1.82, 2.24) is 19.5 Å². The molecule has 0 saturated carbocycles. The van der Waals surface area contributed by atoms with Crippen molar-refractivity contribution in [3.63, 3.8) is 0 Å². The molecular formula is C22H23N9. The number of pyridine rings is 1. The van der Waals surface area contributed by atoms with E-state index in [2.05, 4.69) is 26.2 Å². The number of likely N-dealkylation sites (N-methyl/N-ethyl adjacent to an activating group) is 1. The average molecular weight is 413 g/mol. The summed E-state index contributed by atoms with van der Waals surface area (Å²) in [6.07, 6.45) is 17.1. The summed E-state index contributed by atoms with van der Waals surface area (Å²) in [7, 11) is 2.02. The third-order valence-corrected chi connectivity index (χ3v) is 5.47. The Kier molecular flexibility index (Phi) is 4.62. The maximum Gasteiger partial charge on any atom is 0.158 e. The highest BCUT2D eigenvalue weighted by atomic mass is 15.5. The first-order chi connectivity index (χ1) is 15.1. The van der Waals surface area contributed by atoms with E-state index in [1.165, 1.54) is 0 Å². The van der Waals surface area contributed by atoms with Crippen LogP contribution in [0.25, 0.3) is 5.52 Å². The van der Waals surface area contributed by atoms with Crippen molar-refractivity contribution in [3.8, 4) is 0 Å². The zero-order valence-corrected chi connectivity index (χ0v) is 17.1. The van der Waals surface area contributed by atoms with Crippen LogP contribution in [0.2, 0.25) is 0 Å². The van der Waals surface area contributed by atoms with Gasteiger partial charge in [0.1, 0.15) is 17.6 Å². The molecule has 5 rings (SSSR count). The van der Waals surface area contributed by atoms with Crippen molar-refractivity contribution in [2.24, 2.45) is 26.6 Å². The molecule has 2 aromatic heterocycles. The van der Waals surface area contributed by atoms with Crippen LogP contribution in [0.3, 0.4) is 0 Å². The van der Waals surface area contributed by atoms with Crippen molar-refractivity contribution in [2.75, 3.05) is 7.05 Å². The molecule has 9 heteroatoms. The lowest BCUT2D eigenvalue weighted by Crippen LogP contribution is -2.42. The van der Waals surface area contributed by atoms with Crippen LogP contribution in [0.4, 0.5) is 5.69 Å². The molecule has 3 aliphatic heterocycles. The van der Waals surface area contributed by atoms with Crippen LogP contribution in [0.1, 0.15) is 12.8 Å². The number of rotatable bonds is 3. The smallest absolute Gasteiger partial charge is 0.158 e. The Hall–Kier alpha value is -4.14. The summed E-state index contributed by atoms with van der Waals surface area (Å²) in [5, 5.41) is 10.8. The van der Waals surface area contributed by atoms with E-state index >= 15 is 0 Å². The second kappa shape index (κ2) is 7.60. The Balaban J connectivity index is 1.58. The molecule has 1 unspecified atom stereocenters. The van der Waals surface area contributed by atoms with Gasteiger partial charge in [-0.2, -0.15) is 10.2 Å². The van der Waals surface area contributed by atoms with Crippen LogP contribution in [-0.4, -0.2) is 50.5 Å². The lowest BCUT2D eigenvalue weighted by molar-refractivity contribution is 0.376. The van der Waals surface area contributed by atoms with E-state index in [1.54, 1.807) is 10.7 Å². The van der Waals surface area contributed by atoms with E-state index in [0.29, 0.717) is 11.5 Å². The second-order valence-electron chi connectivity index (χ2n) is 7.42. The summed E-state index contributed by atoms with van der Waals surface area (Å²) in [4.78, 5) is 11.5. The summed E-state index contributed by atoms with van der Waals surface area (Å²) in [5.41, 5.74) is 16.4. The molecule has 0 bridgehead atoms. The highest BCUT2D eigenvalue weighted by Gasteiger charge is 2.29. The molecule has 31 heavy (non-hydrogen) atoms. The molecule has 0 fully saturated rings. The Morgan fingerprint density at radius 2 is 2.13 bits per heavy atom. The Bertz CT molecular complexity index is 1240. The topological polar surface area (TPSA) is 113 Å². The van der Waals surface area contributed by atoms with Crippen LogP contribution in [0, 0.1) is 0 Å². The van der Waals surface area contributed by atoms with Crippen molar-refractivity contribution in [1.29, 1.82) is 0 Å². The molecule has 156 valence electrons. The zero-order valence-electron chi connectivity index (χ0n) is 17.1. The third-order valence-electron chi connectivity index (χ3n) is 5.47. The lowest BCUT2D eigenvalue weighted by atomic mass is 10.1. The van der Waals surface area contributed by atoms with E-state index in [-0.39, 0.29) is 11.9 Å². The fourth-order valence-corrected chi connectivity index (χ4v) is 3.85. The zero-order chi connectivity index (χ0) is 21.4. The van der Waals surface area contributed by atoms with Crippen LogP contribution < -0.4 is 11.5 Å². The van der Waals surface area contributed by atoms with Crippen LogP contribution in [0.5, 0.6) is 0 Å². The molecule has 5 heterocycles. The van der Waals surface area contributed by atoms with E-state index in [4.69, 9.17) is 16.5 Å². The highest BCUT2D eigenvalue weighted by Crippen LogP contribution is 2.29. The van der Waals surface area contributed by atoms with Crippen LogP contribution >= 0.6 is 0 Å². The molecule has 2 aromatic rings. The van der Waals surface area contributed by atoms with Gasteiger partial charge in [-0.25, -0.2) is 19.5 Å². The normalized spacial score (nSPS) is 21.9. The molecular weight excluding hydrogens is 390 g/mol. The minimum absolute atomic E-state index is 0.267. The van der Waals surface area contributed by atoms with E-state index < -0.39 is 0 Å². The van der Waals surface area contributed by atoms with Gasteiger partial charge >= 0.3 is 0 Å². The Morgan fingerprint density at radius 3 is 3.03 bits per heavy atom. The lowest BCUT2D eigenvalue weighted by Gasteiger charge is -2.33. The molecule has 0 radical (unpaired) electrons. The number of hydrogen-bond donors (Lipinski definition) is 2. The molecule has 0 saturated heterocycles. The number of aromatic nitrogens is 2. The van der Waals surface area contributed by atoms with E-state index in [0.717, 1.165) is 35.4 Å². The Labute approximate surface area is 179 Å². The van der Waals surface area contributed by atoms with Crippen LogP contribution in [0.15, 0.2) is 93.3 Å². The monoisotopic (exact) mass is 413 g/mol. The maximum atomic E-state index is 6.16. The van der Waals surface area contributed by atoms with Gasteiger partial charge in [0.15, 0.2) is 5.84 Å². The predicted octanol–water partition coefficient (Wildman–Crippen LogP) is 2.25. The van der Waals surface area contributed by atoms with Gasteiger partial charge < -0.3 is 16.4 Å². The van der Waals surface area contributed by atoms with Crippen molar-refractivity contribution >= 4 is 29.1 Å². The molecule has 0 spiro atoms. The molecule has 0 amide bonds. The van der Waals surface area contributed by atoms with Crippen molar-refractivity contribution < 1.29 is 0 Å². The average Bonchev–Trinajstić information content (AvgIpc) is 3.06. The minimum atomic E-state index is -0.285. The number of fused-ring (bicyclic) bond motifs is 2. The third kappa shape index (κ3) is 3.39. The first kappa shape index (κ1) is 18.9. The van der Waals surface area contributed by atoms with Crippen LogP contribution in [-0.2, 0) is 0 Å². The number of hydrogen-bond acceptors (Lipinski definition) is 7. The Morgan fingerprint density at radius 1 is 1.23 bits per heavy atom. The summed E-state index contributed by atoms with van der Waals surface area (Å²) >= 11 is 0. The molecule has 1 atom stereocenters. The number of dihydropyridines is 1. The van der Waals surface area contributed by atoms with Crippen molar-refractivity contribution in [2.45, 2.75) is 18.9 Å². The quantitative estimate of drug-likeness (QED) is 0.801. The number of allylic oxidation sites excluding steroid dienone is 4. The predicted molar refractivity (Wildman–Crippen MR) is 123 cm³/mol. The highest BCUT2D eigenvalue weighted by molar-refractivity contribution is 6.10. The van der Waals surface area contributed by atoms with Gasteiger partial charge in [0.05, 0.1) is 23.1 Å². The number of nitrogens with two attached hydrogens (primary N) is 2. The summed E-state index contributed by atoms with van der Waals surface area (Å²) < 4.78 is 1.78. The van der Waals surface area contributed by atoms with Gasteiger partial charge in [0.25, 0.3) is 0 Å². The first-order valence-electron chi connectivity index (χ1n) is 10.1. The number of hydrazone groups is 1. The maximum absolute atomic E-state index is 6.16. The van der Waals surface area contributed by atoms with Crippen molar-refractivity contribution in [3.05, 3.63) is 78.2 Å². The molecule has 3 aliphatic rings. The fourth-order valence-electron chi connectivity index (χ4n) is 3.85. The largest absolute Gasteiger partial charge is 0.396 e. The van der Waals surface area contributed by atoms with E-state index in [1.807, 2.05) is 67.1 Å². The summed E-state index contributed by atoms with van der Waals surface area (Å²) in [5.74, 6) is 0.831. The van der Waals surface area contributed by atoms with Gasteiger partial charge in [0, 0.05) is 31.4 Å². The van der Waals surface area contributed by atoms with Gasteiger partial charge in [-0.3, -0.25) is 0 Å². The van der Waals surface area contributed by atoms with Gasteiger partial charge in [-0.1, -0.05) is 12.1 Å². The summed E-state index contributed by atoms with van der Waals surface area (Å²) in [6, 6.07) is 5.56. The number of amidine groups is 2. The summed E-state index contributed by atoms with van der Waals surface area (Å²) in [6.45, 7) is 0. The first-order valence-corrected chi connectivity index (χ1v) is 10.1. The minimum Gasteiger partial charge on any atom is -0.396 e. The van der Waals surface area contributed by atoms with Gasteiger partial charge in [-0.15, -0.1) is 0 Å². The van der Waals surface area contributed by atoms with Gasteiger partial charge in [0.2, 0.25) is 0 Å². The van der Waals surface area contributed by atoms with E-state index in [9.17, 15) is 0 Å². The standard InChI is InChI=1S/C22H23N9/c1-29(18-9-6-10-25-31-12-5-3-8-19(18)31)20-13-15(23)21(24)28-22(20)27-16-14-26-30-11-4-2-7-17(16)30/h2-5,7-8,10-14,20H,6,9,23H2,1H3,(H2,24,27,28).